The molecule has 0 atom stereocenters. The van der Waals surface area contributed by atoms with Crippen molar-refractivity contribution < 1.29 is 0 Å². The van der Waals surface area contributed by atoms with Gasteiger partial charge in [-0.05, 0) is 23.8 Å². The molecular weight excluding hydrogens is 252 g/mol. The van der Waals surface area contributed by atoms with Crippen molar-refractivity contribution in [1.82, 2.24) is 4.98 Å². The molecule has 0 saturated heterocycles. The minimum atomic E-state index is 0.604. The van der Waals surface area contributed by atoms with Crippen molar-refractivity contribution in [2.45, 2.75) is 0 Å². The summed E-state index contributed by atoms with van der Waals surface area (Å²) in [6.07, 6.45) is 1.87. The van der Waals surface area contributed by atoms with Gasteiger partial charge in [0.25, 0.3) is 0 Å². The first-order valence-corrected chi connectivity index (χ1v) is 6.71. The molecule has 0 unspecified atom stereocenters. The van der Waals surface area contributed by atoms with Crippen molar-refractivity contribution in [2.75, 3.05) is 0 Å². The number of thiazole rings is 1. The molecule has 0 fully saturated rings. The highest BCUT2D eigenvalue weighted by atomic mass is 32.1. The number of rotatable bonds is 2. The summed E-state index contributed by atoms with van der Waals surface area (Å²) >= 11 is 1.55. The molecule has 0 amide bonds. The summed E-state index contributed by atoms with van der Waals surface area (Å²) in [6.45, 7) is 0. The van der Waals surface area contributed by atoms with Gasteiger partial charge in [0.2, 0.25) is 0 Å². The molecule has 90 valence electrons. The van der Waals surface area contributed by atoms with Gasteiger partial charge < -0.3 is 0 Å². The topological polar surface area (TPSA) is 36.7 Å². The Morgan fingerprint density at radius 2 is 1.79 bits per heavy atom. The van der Waals surface area contributed by atoms with E-state index in [1.165, 1.54) is 0 Å². The number of nitriles is 1. The molecule has 0 aliphatic heterocycles. The second-order valence-corrected chi connectivity index (χ2v) is 5.10. The maximum atomic E-state index is 9.31. The molecule has 0 saturated carbocycles. The number of para-hydroxylation sites is 1. The van der Waals surface area contributed by atoms with Crippen molar-refractivity contribution in [2.24, 2.45) is 0 Å². The second-order valence-electron chi connectivity index (χ2n) is 4.07. The van der Waals surface area contributed by atoms with Crippen LogP contribution in [0.1, 0.15) is 10.6 Å². The molecule has 0 aliphatic carbocycles. The highest BCUT2D eigenvalue weighted by molar-refractivity contribution is 7.19. The number of nitrogens with zero attached hydrogens (tertiary/aromatic N) is 2. The molecule has 19 heavy (non-hydrogen) atoms. The molecule has 1 aromatic heterocycles. The summed E-state index contributed by atoms with van der Waals surface area (Å²) in [5.41, 5.74) is 2.56. The van der Waals surface area contributed by atoms with Crippen LogP contribution in [0.15, 0.2) is 54.6 Å². The quantitative estimate of drug-likeness (QED) is 0.643. The number of hydrogen-bond acceptors (Lipinski definition) is 3. The maximum absolute atomic E-state index is 9.31. The van der Waals surface area contributed by atoms with Crippen LogP contribution < -0.4 is 0 Å². The lowest BCUT2D eigenvalue weighted by atomic mass is 10.1. The first-order valence-electron chi connectivity index (χ1n) is 5.89. The van der Waals surface area contributed by atoms with Crippen LogP contribution in [0.5, 0.6) is 0 Å². The lowest BCUT2D eigenvalue weighted by Gasteiger charge is -1.94. The summed E-state index contributed by atoms with van der Waals surface area (Å²) < 4.78 is 1.10. The van der Waals surface area contributed by atoms with Gasteiger partial charge in [-0.25, -0.2) is 4.98 Å². The normalized spacial score (nSPS) is 11.4. The molecule has 0 spiro atoms. The minimum absolute atomic E-state index is 0.604. The van der Waals surface area contributed by atoms with Gasteiger partial charge in [-0.3, -0.25) is 0 Å². The predicted molar refractivity (Wildman–Crippen MR) is 79.5 cm³/mol. The van der Waals surface area contributed by atoms with Crippen LogP contribution in [-0.2, 0) is 0 Å². The molecule has 0 bridgehead atoms. The van der Waals surface area contributed by atoms with E-state index in [0.29, 0.717) is 5.57 Å². The van der Waals surface area contributed by atoms with Crippen molar-refractivity contribution in [3.8, 4) is 6.07 Å². The molecule has 3 rings (SSSR count). The average Bonchev–Trinajstić information content (AvgIpc) is 2.89. The van der Waals surface area contributed by atoms with E-state index >= 15 is 0 Å². The Morgan fingerprint density at radius 3 is 2.53 bits per heavy atom. The third kappa shape index (κ3) is 2.40. The fraction of sp³-hybridized carbons (Fsp3) is 0. The van der Waals surface area contributed by atoms with Gasteiger partial charge in [0, 0.05) is 0 Å². The molecule has 0 radical (unpaired) electrons. The Bertz CT molecular complexity index is 746. The lowest BCUT2D eigenvalue weighted by molar-refractivity contribution is 1.44. The average molecular weight is 262 g/mol. The van der Waals surface area contributed by atoms with Crippen molar-refractivity contribution >= 4 is 33.2 Å². The summed E-state index contributed by atoms with van der Waals surface area (Å²) in [4.78, 5) is 4.51. The van der Waals surface area contributed by atoms with Crippen LogP contribution in [0.25, 0.3) is 21.9 Å². The predicted octanol–water partition coefficient (Wildman–Crippen LogP) is 4.36. The van der Waals surface area contributed by atoms with Gasteiger partial charge in [-0.1, -0.05) is 42.5 Å². The van der Waals surface area contributed by atoms with Gasteiger partial charge in [0.05, 0.1) is 15.8 Å². The molecule has 1 heterocycles. The summed E-state index contributed by atoms with van der Waals surface area (Å²) in [5, 5.41) is 10.1. The maximum Gasteiger partial charge on any atom is 0.135 e. The molecule has 2 aromatic carbocycles. The van der Waals surface area contributed by atoms with Crippen LogP contribution in [-0.4, -0.2) is 4.98 Å². The fourth-order valence-electron chi connectivity index (χ4n) is 1.85. The zero-order valence-electron chi connectivity index (χ0n) is 10.1. The standard InChI is InChI=1S/C16H10N2S/c17-11-13(10-12-6-2-1-3-7-12)16-18-14-8-4-5-9-15(14)19-16/h1-10H/b13-10+. The number of allylic oxidation sites excluding steroid dienone is 1. The van der Waals surface area contributed by atoms with Crippen LogP contribution in [0, 0.1) is 11.3 Å². The Morgan fingerprint density at radius 1 is 1.05 bits per heavy atom. The number of hydrogen-bond donors (Lipinski definition) is 0. The molecule has 3 heteroatoms. The van der Waals surface area contributed by atoms with E-state index in [9.17, 15) is 5.26 Å². The van der Waals surface area contributed by atoms with E-state index in [0.717, 1.165) is 20.8 Å². The molecular formula is C16H10N2S. The molecule has 2 nitrogen and oxygen atoms in total. The Balaban J connectivity index is 2.08. The van der Waals surface area contributed by atoms with Crippen molar-refractivity contribution in [3.63, 3.8) is 0 Å². The van der Waals surface area contributed by atoms with E-state index in [1.807, 2.05) is 60.7 Å². The Hall–Kier alpha value is -2.44. The smallest absolute Gasteiger partial charge is 0.135 e. The van der Waals surface area contributed by atoms with Crippen molar-refractivity contribution in [3.05, 3.63) is 65.2 Å². The zero-order chi connectivity index (χ0) is 13.1. The Kier molecular flexibility index (Phi) is 3.09. The Labute approximate surface area is 115 Å². The van der Waals surface area contributed by atoms with Gasteiger partial charge in [0.1, 0.15) is 11.1 Å². The summed E-state index contributed by atoms with van der Waals surface area (Å²) in [5.74, 6) is 0. The molecule has 0 aliphatic rings. The van der Waals surface area contributed by atoms with Gasteiger partial charge in [0.15, 0.2) is 0 Å². The van der Waals surface area contributed by atoms with Crippen LogP contribution in [0.4, 0.5) is 0 Å². The first kappa shape index (κ1) is 11.6. The van der Waals surface area contributed by atoms with Crippen LogP contribution in [0.3, 0.4) is 0 Å². The number of aromatic nitrogens is 1. The zero-order valence-corrected chi connectivity index (χ0v) is 10.9. The van der Waals surface area contributed by atoms with E-state index in [-0.39, 0.29) is 0 Å². The van der Waals surface area contributed by atoms with Gasteiger partial charge in [-0.2, -0.15) is 5.26 Å². The van der Waals surface area contributed by atoms with Gasteiger partial charge in [-0.15, -0.1) is 11.3 Å². The van der Waals surface area contributed by atoms with Crippen LogP contribution >= 0.6 is 11.3 Å². The number of fused-ring (bicyclic) bond motifs is 1. The SMILES string of the molecule is N#C/C(=C\c1ccccc1)c1nc2ccccc2s1. The lowest BCUT2D eigenvalue weighted by Crippen LogP contribution is -1.80. The van der Waals surface area contributed by atoms with E-state index in [1.54, 1.807) is 11.3 Å². The highest BCUT2D eigenvalue weighted by Crippen LogP contribution is 2.27. The third-order valence-electron chi connectivity index (χ3n) is 2.76. The largest absolute Gasteiger partial charge is 0.235 e. The summed E-state index contributed by atoms with van der Waals surface area (Å²) in [7, 11) is 0. The van der Waals surface area contributed by atoms with Crippen molar-refractivity contribution in [1.29, 1.82) is 5.26 Å². The third-order valence-corrected chi connectivity index (χ3v) is 3.83. The highest BCUT2D eigenvalue weighted by Gasteiger charge is 2.08. The minimum Gasteiger partial charge on any atom is -0.235 e. The fourth-order valence-corrected chi connectivity index (χ4v) is 2.78. The van der Waals surface area contributed by atoms with E-state index < -0.39 is 0 Å². The first-order chi connectivity index (χ1) is 9.36. The van der Waals surface area contributed by atoms with Gasteiger partial charge >= 0.3 is 0 Å². The van der Waals surface area contributed by atoms with E-state index in [4.69, 9.17) is 0 Å². The number of benzene rings is 2. The van der Waals surface area contributed by atoms with Crippen LogP contribution in [0.2, 0.25) is 0 Å². The molecule has 0 N–H and O–H groups in total. The second kappa shape index (κ2) is 5.05. The van der Waals surface area contributed by atoms with E-state index in [2.05, 4.69) is 11.1 Å². The summed E-state index contributed by atoms with van der Waals surface area (Å²) in [6, 6.07) is 20.0. The monoisotopic (exact) mass is 262 g/mol. The molecule has 3 aromatic rings.